The summed E-state index contributed by atoms with van der Waals surface area (Å²) in [5, 5.41) is 25.1. The molecular weight excluding hydrogens is 304 g/mol. The zero-order chi connectivity index (χ0) is 18.0. The molecule has 9 heteroatoms. The summed E-state index contributed by atoms with van der Waals surface area (Å²) in [6, 6.07) is 3.17. The third kappa shape index (κ3) is 6.60. The zero-order valence-electron chi connectivity index (χ0n) is 12.5. The fourth-order valence-electron chi connectivity index (χ4n) is 1.25. The van der Waals surface area contributed by atoms with Crippen molar-refractivity contribution < 1.29 is 24.2 Å². The number of nitriles is 2. The Labute approximate surface area is 131 Å². The number of allylic oxidation sites excluding steroid dienone is 1. The van der Waals surface area contributed by atoms with E-state index in [1.807, 2.05) is 0 Å². The summed E-state index contributed by atoms with van der Waals surface area (Å²) in [6.07, 6.45) is 2.54. The van der Waals surface area contributed by atoms with Crippen molar-refractivity contribution in [3.8, 4) is 12.1 Å². The van der Waals surface area contributed by atoms with Gasteiger partial charge < -0.3 is 9.84 Å². The summed E-state index contributed by atoms with van der Waals surface area (Å²) in [5.41, 5.74) is -0.650. The maximum absolute atomic E-state index is 11.4. The van der Waals surface area contributed by atoms with E-state index < -0.39 is 23.3 Å². The van der Waals surface area contributed by atoms with E-state index in [0.717, 1.165) is 13.8 Å². The molecule has 9 nitrogen and oxygen atoms in total. The van der Waals surface area contributed by atoms with Crippen LogP contribution in [0, 0.1) is 22.7 Å². The van der Waals surface area contributed by atoms with Gasteiger partial charge in [-0.2, -0.15) is 10.5 Å². The highest BCUT2D eigenvalue weighted by molar-refractivity contribution is 5.97. The van der Waals surface area contributed by atoms with Crippen LogP contribution in [-0.2, 0) is 14.3 Å². The van der Waals surface area contributed by atoms with Crippen molar-refractivity contribution in [2.75, 3.05) is 0 Å². The predicted molar refractivity (Wildman–Crippen MR) is 75.3 cm³/mol. The van der Waals surface area contributed by atoms with Crippen LogP contribution in [0.5, 0.6) is 0 Å². The molecule has 0 unspecified atom stereocenters. The van der Waals surface area contributed by atoms with E-state index in [9.17, 15) is 9.59 Å². The first-order valence-corrected chi connectivity index (χ1v) is 5.99. The average molecular weight is 316 g/mol. The average Bonchev–Trinajstić information content (AvgIpc) is 2.46. The monoisotopic (exact) mass is 316 g/mol. The number of carbonyl (C=O) groups is 3. The van der Waals surface area contributed by atoms with Crippen LogP contribution in [0.1, 0.15) is 37.0 Å². The smallest absolute Gasteiger partial charge is 0.308 e. The van der Waals surface area contributed by atoms with Gasteiger partial charge in [0.2, 0.25) is 0 Å². The second kappa shape index (κ2) is 9.37. The molecule has 0 amide bonds. The van der Waals surface area contributed by atoms with Gasteiger partial charge >= 0.3 is 5.97 Å². The topological polar surface area (TPSA) is 154 Å². The normalized spacial score (nSPS) is 8.39. The lowest BCUT2D eigenvalue weighted by Crippen LogP contribution is -2.09. The van der Waals surface area contributed by atoms with Gasteiger partial charge in [-0.15, -0.1) is 0 Å². The second-order valence-corrected chi connectivity index (χ2v) is 3.85. The van der Waals surface area contributed by atoms with Gasteiger partial charge in [0.25, 0.3) is 5.97 Å². The molecule has 1 aromatic heterocycles. The molecule has 1 N–H and O–H groups in total. The number of nitrogens with zero attached hydrogens (tertiary/aromatic N) is 4. The molecule has 0 radical (unpaired) electrons. The standard InChI is InChI=1S/C12H8N4O3.C2H4O2/c1-7(17)10-11(16-4-3-15-10)12(19-8(2)18)9(5-13)6-14;1-2(3)4/h3-4H,1-2H3;1H3,(H,3,4). The van der Waals surface area contributed by atoms with Gasteiger partial charge in [0.05, 0.1) is 0 Å². The fourth-order valence-corrected chi connectivity index (χ4v) is 1.25. The van der Waals surface area contributed by atoms with Gasteiger partial charge in [-0.3, -0.25) is 14.4 Å². The number of hydrogen-bond donors (Lipinski definition) is 1. The van der Waals surface area contributed by atoms with Crippen molar-refractivity contribution in [2.45, 2.75) is 20.8 Å². The molecule has 0 fully saturated rings. The molecule has 0 spiro atoms. The Morgan fingerprint density at radius 1 is 1.04 bits per heavy atom. The Bertz CT molecular complexity index is 720. The zero-order valence-corrected chi connectivity index (χ0v) is 12.5. The Morgan fingerprint density at radius 3 is 1.83 bits per heavy atom. The summed E-state index contributed by atoms with van der Waals surface area (Å²) >= 11 is 0. The van der Waals surface area contributed by atoms with Crippen molar-refractivity contribution in [2.24, 2.45) is 0 Å². The first-order chi connectivity index (χ1) is 10.7. The molecule has 23 heavy (non-hydrogen) atoms. The lowest BCUT2D eigenvalue weighted by atomic mass is 10.1. The highest BCUT2D eigenvalue weighted by Gasteiger charge is 2.21. The number of ether oxygens (including phenoxy) is 1. The lowest BCUT2D eigenvalue weighted by Gasteiger charge is -2.08. The van der Waals surface area contributed by atoms with Crippen LogP contribution in [-0.4, -0.2) is 32.8 Å². The van der Waals surface area contributed by atoms with E-state index in [0.29, 0.717) is 0 Å². The van der Waals surface area contributed by atoms with Crippen molar-refractivity contribution in [3.63, 3.8) is 0 Å². The number of rotatable bonds is 3. The van der Waals surface area contributed by atoms with Crippen molar-refractivity contribution in [1.29, 1.82) is 10.5 Å². The van der Waals surface area contributed by atoms with Gasteiger partial charge in [0.15, 0.2) is 17.1 Å². The number of Topliss-reactive ketones (excluding diaryl/α,β-unsaturated/α-hetero) is 1. The van der Waals surface area contributed by atoms with E-state index >= 15 is 0 Å². The summed E-state index contributed by atoms with van der Waals surface area (Å²) in [4.78, 5) is 39.1. The van der Waals surface area contributed by atoms with Crippen molar-refractivity contribution in [1.82, 2.24) is 9.97 Å². The molecular formula is C14H12N4O5. The number of esters is 1. The van der Waals surface area contributed by atoms with Gasteiger partial charge in [-0.25, -0.2) is 9.97 Å². The van der Waals surface area contributed by atoms with Crippen LogP contribution in [0.4, 0.5) is 0 Å². The van der Waals surface area contributed by atoms with E-state index in [1.54, 1.807) is 12.1 Å². The minimum atomic E-state index is -0.833. The van der Waals surface area contributed by atoms with Crippen LogP contribution in [0.2, 0.25) is 0 Å². The number of hydrogen-bond acceptors (Lipinski definition) is 8. The quantitative estimate of drug-likeness (QED) is 0.373. The van der Waals surface area contributed by atoms with Crippen LogP contribution in [0.15, 0.2) is 18.0 Å². The third-order valence-electron chi connectivity index (χ3n) is 1.94. The Hall–Kier alpha value is -3.59. The first kappa shape index (κ1) is 19.4. The SMILES string of the molecule is CC(=O)O.CC(=O)OC(=C(C#N)C#N)c1nccnc1C(C)=O. The van der Waals surface area contributed by atoms with Gasteiger partial charge in [0.1, 0.15) is 23.5 Å². The number of ketones is 1. The van der Waals surface area contributed by atoms with Crippen LogP contribution >= 0.6 is 0 Å². The molecule has 0 aliphatic carbocycles. The summed E-state index contributed by atoms with van der Waals surface area (Å²) < 4.78 is 4.81. The minimum absolute atomic E-state index is 0.0817. The molecule has 0 aromatic carbocycles. The lowest BCUT2D eigenvalue weighted by molar-refractivity contribution is -0.135. The molecule has 1 heterocycles. The molecule has 0 saturated carbocycles. The van der Waals surface area contributed by atoms with E-state index in [-0.39, 0.29) is 17.1 Å². The predicted octanol–water partition coefficient (Wildman–Crippen LogP) is 1.09. The van der Waals surface area contributed by atoms with E-state index in [2.05, 4.69) is 9.97 Å². The fraction of sp³-hybridized carbons (Fsp3) is 0.214. The molecule has 118 valence electrons. The largest absolute Gasteiger partial charge is 0.481 e. The first-order valence-electron chi connectivity index (χ1n) is 5.99. The number of aliphatic carboxylic acids is 1. The number of carboxylic acid groups (broad SMARTS) is 1. The molecule has 0 saturated heterocycles. The molecule has 1 aromatic rings. The summed E-state index contributed by atoms with van der Waals surface area (Å²) in [6.45, 7) is 3.44. The number of carboxylic acids is 1. The van der Waals surface area contributed by atoms with Gasteiger partial charge in [-0.05, 0) is 0 Å². The molecule has 0 bridgehead atoms. The maximum atomic E-state index is 11.4. The Balaban J connectivity index is 0.00000108. The van der Waals surface area contributed by atoms with E-state index in [4.69, 9.17) is 25.2 Å². The van der Waals surface area contributed by atoms with Gasteiger partial charge in [0, 0.05) is 33.2 Å². The third-order valence-corrected chi connectivity index (χ3v) is 1.94. The maximum Gasteiger partial charge on any atom is 0.308 e. The molecule has 0 atom stereocenters. The van der Waals surface area contributed by atoms with Gasteiger partial charge in [-0.1, -0.05) is 0 Å². The Morgan fingerprint density at radius 2 is 1.48 bits per heavy atom. The molecule has 0 aliphatic rings. The summed E-state index contributed by atoms with van der Waals surface area (Å²) in [5.74, 6) is -2.36. The van der Waals surface area contributed by atoms with Crippen LogP contribution < -0.4 is 0 Å². The minimum Gasteiger partial charge on any atom is -0.481 e. The Kier molecular flexibility index (Phi) is 7.90. The van der Waals surface area contributed by atoms with Crippen molar-refractivity contribution in [3.05, 3.63) is 29.4 Å². The highest BCUT2D eigenvalue weighted by atomic mass is 16.5. The van der Waals surface area contributed by atoms with Crippen LogP contribution in [0.3, 0.4) is 0 Å². The van der Waals surface area contributed by atoms with E-state index in [1.165, 1.54) is 19.3 Å². The highest BCUT2D eigenvalue weighted by Crippen LogP contribution is 2.21. The second-order valence-electron chi connectivity index (χ2n) is 3.85. The van der Waals surface area contributed by atoms with Crippen LogP contribution in [0.25, 0.3) is 5.76 Å². The molecule has 0 aliphatic heterocycles. The summed E-state index contributed by atoms with van der Waals surface area (Å²) in [7, 11) is 0. The van der Waals surface area contributed by atoms with Crippen molar-refractivity contribution >= 4 is 23.5 Å². The molecule has 1 rings (SSSR count). The number of aromatic nitrogens is 2. The number of carbonyl (C=O) groups excluding carboxylic acids is 2.